The number of carbonyl (C=O) groups excluding carboxylic acids is 2. The summed E-state index contributed by atoms with van der Waals surface area (Å²) in [4.78, 5) is 27.8. The van der Waals surface area contributed by atoms with E-state index in [4.69, 9.17) is 16.3 Å². The van der Waals surface area contributed by atoms with Gasteiger partial charge in [-0.3, -0.25) is 14.5 Å². The number of nitrogens with one attached hydrogen (secondary N) is 1. The molecule has 0 spiro atoms. The highest BCUT2D eigenvalue weighted by molar-refractivity contribution is 7.88. The number of rotatable bonds is 7. The van der Waals surface area contributed by atoms with Crippen molar-refractivity contribution in [1.29, 1.82) is 0 Å². The van der Waals surface area contributed by atoms with E-state index in [1.807, 2.05) is 6.92 Å². The molecule has 0 bridgehead atoms. The molecule has 2 aromatic rings. The summed E-state index contributed by atoms with van der Waals surface area (Å²) in [7, 11) is -3.68. The smallest absolute Gasteiger partial charge is 0.247 e. The molecular weight excluding hydrogens is 454 g/mol. The number of anilines is 1. The van der Waals surface area contributed by atoms with Crippen LogP contribution >= 0.6 is 11.6 Å². The fourth-order valence-electron chi connectivity index (χ4n) is 3.64. The van der Waals surface area contributed by atoms with Gasteiger partial charge in [0.25, 0.3) is 0 Å². The number of ether oxygens (including phenoxy) is 1. The number of piperazine rings is 1. The number of carbonyl (C=O) groups is 2. The Hall–Kier alpha value is -2.62. The number of nitrogens with zero attached hydrogens (tertiary/aromatic N) is 2. The second-order valence-corrected chi connectivity index (χ2v) is 10.2. The minimum atomic E-state index is -3.68. The molecule has 1 heterocycles. The molecule has 1 aliphatic heterocycles. The van der Waals surface area contributed by atoms with Crippen molar-refractivity contribution in [1.82, 2.24) is 9.62 Å². The molecule has 0 saturated carbocycles. The van der Waals surface area contributed by atoms with Crippen molar-refractivity contribution in [2.24, 2.45) is 0 Å². The van der Waals surface area contributed by atoms with Crippen molar-refractivity contribution < 1.29 is 22.7 Å². The highest BCUT2D eigenvalue weighted by Gasteiger charge is 2.50. The van der Waals surface area contributed by atoms with E-state index in [0.717, 1.165) is 16.1 Å². The van der Waals surface area contributed by atoms with Gasteiger partial charge in [0.2, 0.25) is 21.8 Å². The first-order valence-corrected chi connectivity index (χ1v) is 12.3. The Labute approximate surface area is 193 Å². The van der Waals surface area contributed by atoms with Crippen LogP contribution < -0.4 is 15.0 Å². The molecule has 8 nitrogen and oxygen atoms in total. The Bertz CT molecular complexity index is 1090. The van der Waals surface area contributed by atoms with Gasteiger partial charge in [0.05, 0.1) is 19.4 Å². The highest BCUT2D eigenvalue weighted by Crippen LogP contribution is 2.31. The molecule has 0 aromatic heterocycles. The van der Waals surface area contributed by atoms with Gasteiger partial charge in [-0.1, -0.05) is 23.7 Å². The number of benzene rings is 2. The van der Waals surface area contributed by atoms with Crippen LogP contribution in [0.2, 0.25) is 5.02 Å². The van der Waals surface area contributed by atoms with Crippen molar-refractivity contribution in [3.63, 3.8) is 0 Å². The number of halogens is 1. The maximum atomic E-state index is 13.4. The largest absolute Gasteiger partial charge is 0.494 e. The monoisotopic (exact) mass is 479 g/mol. The minimum Gasteiger partial charge on any atom is -0.494 e. The summed E-state index contributed by atoms with van der Waals surface area (Å²) in [5, 5.41) is 3.41. The van der Waals surface area contributed by atoms with Crippen molar-refractivity contribution in [3.05, 3.63) is 59.1 Å². The van der Waals surface area contributed by atoms with E-state index in [1.165, 1.54) is 4.90 Å². The Kier molecular flexibility index (Phi) is 7.12. The average molecular weight is 480 g/mol. The molecule has 1 fully saturated rings. The maximum Gasteiger partial charge on any atom is 0.247 e. The lowest BCUT2D eigenvalue weighted by Crippen LogP contribution is -2.70. The van der Waals surface area contributed by atoms with E-state index >= 15 is 0 Å². The lowest BCUT2D eigenvalue weighted by atomic mass is 9.94. The quantitative estimate of drug-likeness (QED) is 0.658. The van der Waals surface area contributed by atoms with Gasteiger partial charge in [0, 0.05) is 23.8 Å². The second kappa shape index (κ2) is 9.48. The Morgan fingerprint density at radius 3 is 2.34 bits per heavy atom. The number of hydrogen-bond acceptors (Lipinski definition) is 5. The van der Waals surface area contributed by atoms with Crippen molar-refractivity contribution in [2.45, 2.75) is 25.9 Å². The fraction of sp³-hybridized carbons (Fsp3) is 0.364. The molecule has 1 atom stereocenters. The minimum absolute atomic E-state index is 0.169. The second-order valence-electron chi connectivity index (χ2n) is 7.77. The SMILES string of the molecule is CCOc1ccc(N2C(=O)CN(S(C)(=O)=O)C[C@@]2(C)C(=O)NCc2ccc(Cl)cc2)cc1. The van der Waals surface area contributed by atoms with Gasteiger partial charge in [-0.25, -0.2) is 8.42 Å². The van der Waals surface area contributed by atoms with Crippen LogP contribution in [0.3, 0.4) is 0 Å². The third kappa shape index (κ3) is 5.23. The van der Waals surface area contributed by atoms with Crippen LogP contribution in [-0.2, 0) is 26.2 Å². The van der Waals surface area contributed by atoms with Crippen LogP contribution in [0.1, 0.15) is 19.4 Å². The molecule has 2 amide bonds. The molecule has 172 valence electrons. The molecule has 0 aliphatic carbocycles. The van der Waals surface area contributed by atoms with Crippen molar-refractivity contribution >= 4 is 39.1 Å². The normalized spacial score (nSPS) is 19.6. The zero-order valence-electron chi connectivity index (χ0n) is 18.2. The summed E-state index contributed by atoms with van der Waals surface area (Å²) < 4.78 is 30.9. The lowest BCUT2D eigenvalue weighted by Gasteiger charge is -2.46. The maximum absolute atomic E-state index is 13.4. The predicted octanol–water partition coefficient (Wildman–Crippen LogP) is 2.42. The summed E-state index contributed by atoms with van der Waals surface area (Å²) in [5.74, 6) is -0.328. The predicted molar refractivity (Wildman–Crippen MR) is 123 cm³/mol. The summed E-state index contributed by atoms with van der Waals surface area (Å²) in [6.07, 6.45) is 1.03. The molecular formula is C22H26ClN3O5S. The first kappa shape index (κ1) is 24.0. The van der Waals surface area contributed by atoms with Gasteiger partial charge < -0.3 is 10.1 Å². The third-order valence-corrected chi connectivity index (χ3v) is 6.72. The third-order valence-electron chi connectivity index (χ3n) is 5.27. The van der Waals surface area contributed by atoms with E-state index in [9.17, 15) is 18.0 Å². The molecule has 10 heteroatoms. The summed E-state index contributed by atoms with van der Waals surface area (Å²) in [5.41, 5.74) is -0.158. The van der Waals surface area contributed by atoms with Gasteiger partial charge in [-0.2, -0.15) is 4.31 Å². The first-order chi connectivity index (χ1) is 15.0. The van der Waals surface area contributed by atoms with Crippen LogP contribution in [0.5, 0.6) is 5.75 Å². The zero-order valence-corrected chi connectivity index (χ0v) is 19.7. The van der Waals surface area contributed by atoms with E-state index in [2.05, 4.69) is 5.32 Å². The van der Waals surface area contributed by atoms with Gasteiger partial charge in [0.1, 0.15) is 11.3 Å². The van der Waals surface area contributed by atoms with Crippen LogP contribution in [0.25, 0.3) is 0 Å². The van der Waals surface area contributed by atoms with Gasteiger partial charge in [-0.15, -0.1) is 0 Å². The number of amides is 2. The molecule has 2 aromatic carbocycles. The average Bonchev–Trinajstić information content (AvgIpc) is 2.73. The highest BCUT2D eigenvalue weighted by atomic mass is 35.5. The van der Waals surface area contributed by atoms with Crippen molar-refractivity contribution in [2.75, 3.05) is 30.9 Å². The van der Waals surface area contributed by atoms with E-state index < -0.39 is 27.4 Å². The first-order valence-electron chi connectivity index (χ1n) is 10.1. The van der Waals surface area contributed by atoms with Crippen LogP contribution in [0.15, 0.2) is 48.5 Å². The van der Waals surface area contributed by atoms with Crippen molar-refractivity contribution in [3.8, 4) is 5.75 Å². The number of sulfonamides is 1. The van der Waals surface area contributed by atoms with E-state index in [-0.39, 0.29) is 19.6 Å². The van der Waals surface area contributed by atoms with Crippen LogP contribution in [0.4, 0.5) is 5.69 Å². The van der Waals surface area contributed by atoms with Gasteiger partial charge in [-0.05, 0) is 55.8 Å². The van der Waals surface area contributed by atoms with Gasteiger partial charge in [0.15, 0.2) is 0 Å². The molecule has 0 radical (unpaired) electrons. The fourth-order valence-corrected chi connectivity index (χ4v) is 4.59. The molecule has 0 unspecified atom stereocenters. The molecule has 3 rings (SSSR count). The Balaban J connectivity index is 1.92. The summed E-state index contributed by atoms with van der Waals surface area (Å²) >= 11 is 5.91. The standard InChI is InChI=1S/C22H26ClN3O5S/c1-4-31-19-11-9-18(10-12-19)26-20(27)14-25(32(3,29)30)15-22(26,2)21(28)24-13-16-5-7-17(23)8-6-16/h5-12H,4,13-15H2,1-3H3,(H,24,28)/t22-/m0/s1. The molecule has 1 aliphatic rings. The summed E-state index contributed by atoms with van der Waals surface area (Å²) in [6, 6.07) is 13.8. The molecule has 1 saturated heterocycles. The van der Waals surface area contributed by atoms with E-state index in [0.29, 0.717) is 23.1 Å². The Morgan fingerprint density at radius 2 is 1.78 bits per heavy atom. The van der Waals surface area contributed by atoms with Crippen LogP contribution in [0, 0.1) is 0 Å². The summed E-state index contributed by atoms with van der Waals surface area (Å²) in [6.45, 7) is 3.62. The topological polar surface area (TPSA) is 96.0 Å². The molecule has 1 N–H and O–H groups in total. The van der Waals surface area contributed by atoms with Crippen LogP contribution in [-0.4, -0.2) is 56.0 Å². The van der Waals surface area contributed by atoms with Gasteiger partial charge >= 0.3 is 0 Å². The van der Waals surface area contributed by atoms with E-state index in [1.54, 1.807) is 55.5 Å². The Morgan fingerprint density at radius 1 is 1.16 bits per heavy atom. The lowest BCUT2D eigenvalue weighted by molar-refractivity contribution is -0.133. The molecule has 32 heavy (non-hydrogen) atoms. The zero-order chi connectivity index (χ0) is 23.5. The number of hydrogen-bond donors (Lipinski definition) is 1.